The lowest BCUT2D eigenvalue weighted by Gasteiger charge is -2.31. The van der Waals surface area contributed by atoms with Gasteiger partial charge in [-0.3, -0.25) is 34.4 Å². The fourth-order valence-electron chi connectivity index (χ4n) is 5.13. The zero-order valence-corrected chi connectivity index (χ0v) is 39.2. The quantitative estimate of drug-likeness (QED) is 0.0248. The molecule has 360 valence electrons. The van der Waals surface area contributed by atoms with Gasteiger partial charge in [0, 0.05) is 32.3 Å². The van der Waals surface area contributed by atoms with Crippen LogP contribution >= 0.6 is 54.0 Å². The monoisotopic (exact) mass is 1020 g/mol. The molecule has 0 aliphatic rings. The lowest BCUT2D eigenvalue weighted by Crippen LogP contribution is -2.43. The summed E-state index contributed by atoms with van der Waals surface area (Å²) in [6.07, 6.45) is -1.08. The molecular weight excluding hydrogens is 974 g/mol. The van der Waals surface area contributed by atoms with E-state index in [2.05, 4.69) is 31.5 Å². The molecule has 5 N–H and O–H groups in total. The first-order valence-corrected chi connectivity index (χ1v) is 22.1. The van der Waals surface area contributed by atoms with Gasteiger partial charge in [0.2, 0.25) is 5.91 Å². The van der Waals surface area contributed by atoms with Crippen LogP contribution in [0.4, 0.5) is 24.5 Å². The van der Waals surface area contributed by atoms with Gasteiger partial charge in [0.1, 0.15) is 22.9 Å². The zero-order chi connectivity index (χ0) is 50.2. The molecule has 3 aromatic carbocycles. The van der Waals surface area contributed by atoms with E-state index >= 15 is 0 Å². The van der Waals surface area contributed by atoms with Crippen molar-refractivity contribution in [3.05, 3.63) is 117 Å². The SMILES string of the molecule is C=CCN(CC=C)C(=O)C(Cl)Cl.CCc1cccc(C)c1N(C(=O)CCl)C(C)COC.O=C(O)CNCP(=O)(O)O.O=C(O)c1cc(Oc2ccc(C(F)(F)F)cc2Cl)ccc1[N+](=O)[O-]. The normalized spacial score (nSPS) is 11.2. The van der Waals surface area contributed by atoms with Gasteiger partial charge in [-0.1, -0.05) is 72.1 Å². The number of carbonyl (C=O) groups is 4. The van der Waals surface area contributed by atoms with Gasteiger partial charge < -0.3 is 39.3 Å². The van der Waals surface area contributed by atoms with Crippen LogP contribution in [0.2, 0.25) is 5.02 Å². The van der Waals surface area contributed by atoms with Gasteiger partial charge in [-0.25, -0.2) is 4.79 Å². The number of carboxylic acid groups (broad SMARTS) is 2. The molecule has 0 aliphatic heterocycles. The summed E-state index contributed by atoms with van der Waals surface area (Å²) in [4.78, 5) is 72.7. The Morgan fingerprint density at radius 3 is 2.06 bits per heavy atom. The van der Waals surface area contributed by atoms with E-state index in [1.165, 1.54) is 4.90 Å². The fraction of sp³-hybridized carbons (Fsp3) is 0.350. The molecule has 0 saturated carbocycles. The van der Waals surface area contributed by atoms with Crippen LogP contribution in [0.25, 0.3) is 0 Å². The highest BCUT2D eigenvalue weighted by molar-refractivity contribution is 7.51. The van der Waals surface area contributed by atoms with E-state index in [1.54, 1.807) is 24.2 Å². The number of nitrogens with one attached hydrogen (secondary N) is 1. The van der Waals surface area contributed by atoms with Crippen molar-refractivity contribution in [2.45, 2.75) is 44.2 Å². The third kappa shape index (κ3) is 22.3. The zero-order valence-electron chi connectivity index (χ0n) is 35.3. The maximum Gasteiger partial charge on any atom is 0.416 e. The van der Waals surface area contributed by atoms with Crippen LogP contribution in [0.5, 0.6) is 11.5 Å². The van der Waals surface area contributed by atoms with Crippen molar-refractivity contribution in [2.24, 2.45) is 0 Å². The van der Waals surface area contributed by atoms with Crippen LogP contribution in [0.1, 0.15) is 40.9 Å². The minimum absolute atomic E-state index is 0.0223. The predicted molar refractivity (Wildman–Crippen MR) is 242 cm³/mol. The van der Waals surface area contributed by atoms with Crippen molar-refractivity contribution in [1.82, 2.24) is 10.2 Å². The molecule has 17 nitrogen and oxygen atoms in total. The molecule has 1 unspecified atom stereocenters. The standard InChI is InChI=1S/C15H22ClNO2.C14H7ClF3NO5.C8H11Cl2NO.C3H8NO5P/c1-5-13-8-6-7-11(2)15(13)17(14(18)9-16)12(3)10-19-4;15-10-5-7(14(16,17)18)1-4-12(10)24-8-2-3-11(19(22)23)9(6-8)13(20)21;1-3-5-11(6-4-2)8(12)7(9)10;5-3(6)1-4-2-10(7,8)9/h6-8,12H,5,9-10H2,1-4H3;1-6H,(H,20,21);3-4,7H,1-2,5-6H2;4H,1-2H2,(H,5,6)(H2,7,8,9). The number of aromatic carboxylic acids is 1. The number of benzene rings is 3. The second kappa shape index (κ2) is 29.7. The number of methoxy groups -OCH3 is 1. The highest BCUT2D eigenvalue weighted by Crippen LogP contribution is 2.37. The number of nitro groups is 1. The minimum Gasteiger partial charge on any atom is -0.480 e. The first kappa shape index (κ1) is 60.2. The summed E-state index contributed by atoms with van der Waals surface area (Å²) < 4.78 is 58.1. The van der Waals surface area contributed by atoms with Gasteiger partial charge in [-0.05, 0) is 55.7 Å². The van der Waals surface area contributed by atoms with E-state index in [0.717, 1.165) is 53.6 Å². The minimum atomic E-state index is -4.58. The Balaban J connectivity index is 0.000000892. The van der Waals surface area contributed by atoms with Gasteiger partial charge in [0.05, 0.1) is 46.7 Å². The van der Waals surface area contributed by atoms with E-state index < -0.39 is 65.1 Å². The number of nitro benzene ring substituents is 1. The maximum absolute atomic E-state index is 12.6. The van der Waals surface area contributed by atoms with Crippen LogP contribution in [0.15, 0.2) is 79.9 Å². The lowest BCUT2D eigenvalue weighted by atomic mass is 10.0. The molecule has 0 aromatic heterocycles. The van der Waals surface area contributed by atoms with Gasteiger partial charge >= 0.3 is 25.7 Å². The molecule has 0 radical (unpaired) electrons. The van der Waals surface area contributed by atoms with Crippen molar-refractivity contribution in [3.8, 4) is 11.5 Å². The molecule has 3 aromatic rings. The Labute approximate surface area is 392 Å². The van der Waals surface area contributed by atoms with Gasteiger partial charge in [0.25, 0.3) is 11.6 Å². The van der Waals surface area contributed by atoms with Crippen LogP contribution in [0.3, 0.4) is 0 Å². The molecule has 0 spiro atoms. The van der Waals surface area contributed by atoms with Crippen molar-refractivity contribution in [2.75, 3.05) is 50.4 Å². The molecule has 3 rings (SSSR count). The number of rotatable bonds is 19. The van der Waals surface area contributed by atoms with Crippen LogP contribution in [-0.4, -0.2) is 110 Å². The largest absolute Gasteiger partial charge is 0.480 e. The molecule has 0 aliphatic carbocycles. The highest BCUT2D eigenvalue weighted by atomic mass is 35.5. The average molecular weight is 1020 g/mol. The fourth-order valence-corrected chi connectivity index (χ4v) is 6.16. The number of amides is 2. The summed E-state index contributed by atoms with van der Waals surface area (Å²) in [5.41, 5.74) is 0.964. The average Bonchev–Trinajstić information content (AvgIpc) is 3.21. The molecule has 25 heteroatoms. The molecule has 65 heavy (non-hydrogen) atoms. The number of aryl methyl sites for hydroxylation is 2. The summed E-state index contributed by atoms with van der Waals surface area (Å²) in [6, 6.07) is 11.3. The number of aliphatic carboxylic acids is 1. The predicted octanol–water partition coefficient (Wildman–Crippen LogP) is 8.71. The molecule has 0 fully saturated rings. The Morgan fingerprint density at radius 1 is 1.03 bits per heavy atom. The van der Waals surface area contributed by atoms with Gasteiger partial charge in [-0.15, -0.1) is 24.8 Å². The molecule has 2 amide bonds. The van der Waals surface area contributed by atoms with Crippen LogP contribution in [-0.2, 0) is 36.3 Å². The summed E-state index contributed by atoms with van der Waals surface area (Å²) >= 11 is 22.3. The molecule has 0 saturated heterocycles. The summed E-state index contributed by atoms with van der Waals surface area (Å²) in [6.45, 7) is 14.0. The molecule has 0 bridgehead atoms. The number of halogens is 7. The molecule has 1 atom stereocenters. The Kier molecular flexibility index (Phi) is 27.5. The lowest BCUT2D eigenvalue weighted by molar-refractivity contribution is -0.385. The number of para-hydroxylation sites is 1. The number of alkyl halides is 6. The van der Waals surface area contributed by atoms with Crippen molar-refractivity contribution in [1.29, 1.82) is 0 Å². The van der Waals surface area contributed by atoms with E-state index in [4.69, 9.17) is 75.9 Å². The molecular formula is C40H48Cl4F3N4O13P. The van der Waals surface area contributed by atoms with Gasteiger partial charge in [0.15, 0.2) is 4.84 Å². The number of anilines is 1. The maximum atomic E-state index is 12.6. The first-order valence-electron chi connectivity index (χ1n) is 18.5. The van der Waals surface area contributed by atoms with Crippen molar-refractivity contribution in [3.63, 3.8) is 0 Å². The number of nitrogens with zero attached hydrogens (tertiary/aromatic N) is 3. The number of carbonyl (C=O) groups excluding carboxylic acids is 2. The van der Waals surface area contributed by atoms with E-state index in [0.29, 0.717) is 25.8 Å². The second-order valence-electron chi connectivity index (χ2n) is 12.9. The number of ether oxygens (including phenoxy) is 2. The van der Waals surface area contributed by atoms with Crippen molar-refractivity contribution >= 4 is 89.1 Å². The Bertz CT molecular complexity index is 2140. The van der Waals surface area contributed by atoms with Gasteiger partial charge in [-0.2, -0.15) is 13.2 Å². The second-order valence-corrected chi connectivity index (χ2v) is 16.3. The number of carboxylic acids is 2. The highest BCUT2D eigenvalue weighted by Gasteiger charge is 2.31. The Hall–Kier alpha value is -4.76. The third-order valence-electron chi connectivity index (χ3n) is 7.85. The van der Waals surface area contributed by atoms with Crippen molar-refractivity contribution < 1.29 is 71.3 Å². The number of hydrogen-bond acceptors (Lipinski definition) is 10. The summed E-state index contributed by atoms with van der Waals surface area (Å²) in [5.74, 6) is -3.41. The van der Waals surface area contributed by atoms with Crippen LogP contribution < -0.4 is 15.0 Å². The van der Waals surface area contributed by atoms with E-state index in [1.807, 2.05) is 26.0 Å². The van der Waals surface area contributed by atoms with Crippen LogP contribution in [0, 0.1) is 17.0 Å². The summed E-state index contributed by atoms with van der Waals surface area (Å²) in [5, 5.41) is 29.4. The Morgan fingerprint density at radius 2 is 1.63 bits per heavy atom. The first-order chi connectivity index (χ1) is 30.2. The summed E-state index contributed by atoms with van der Waals surface area (Å²) in [7, 11) is -2.46. The number of hydrogen-bond donors (Lipinski definition) is 5. The molecule has 0 heterocycles. The smallest absolute Gasteiger partial charge is 0.416 e. The third-order valence-corrected chi connectivity index (χ3v) is 9.38. The van der Waals surface area contributed by atoms with E-state index in [9.17, 15) is 47.0 Å². The van der Waals surface area contributed by atoms with E-state index in [-0.39, 0.29) is 40.3 Å². The topological polar surface area (TPSA) is 246 Å².